The number of hydrogen-bond donors (Lipinski definition) is 2. The Bertz CT molecular complexity index is 646. The van der Waals surface area contributed by atoms with Crippen molar-refractivity contribution in [3.63, 3.8) is 0 Å². The van der Waals surface area contributed by atoms with E-state index in [2.05, 4.69) is 10.4 Å². The average Bonchev–Trinajstić information content (AvgIpc) is 2.87. The summed E-state index contributed by atoms with van der Waals surface area (Å²) in [5.41, 5.74) is 1.96. The van der Waals surface area contributed by atoms with Crippen LogP contribution in [-0.4, -0.2) is 33.8 Å². The van der Waals surface area contributed by atoms with E-state index in [9.17, 15) is 9.59 Å². The minimum absolute atomic E-state index is 0.178. The first kappa shape index (κ1) is 12.8. The third kappa shape index (κ3) is 2.47. The Labute approximate surface area is 109 Å². The number of carboxylic acid groups (broad SMARTS) is 1. The average molecular weight is 259 g/mol. The fourth-order valence-electron chi connectivity index (χ4n) is 1.70. The Morgan fingerprint density at radius 1 is 1.32 bits per heavy atom. The van der Waals surface area contributed by atoms with E-state index >= 15 is 0 Å². The van der Waals surface area contributed by atoms with Crippen LogP contribution in [0.1, 0.15) is 26.4 Å². The van der Waals surface area contributed by atoms with Crippen LogP contribution in [0.2, 0.25) is 0 Å². The van der Waals surface area contributed by atoms with E-state index < -0.39 is 5.97 Å². The quantitative estimate of drug-likeness (QED) is 0.868. The predicted octanol–water partition coefficient (Wildman–Crippen LogP) is 1.24. The lowest BCUT2D eigenvalue weighted by Crippen LogP contribution is -2.18. The molecule has 0 saturated carbocycles. The minimum atomic E-state index is -1.00. The lowest BCUT2D eigenvalue weighted by Gasteiger charge is -2.07. The van der Waals surface area contributed by atoms with Crippen molar-refractivity contribution in [2.45, 2.75) is 6.92 Å². The second-order valence-electron chi connectivity index (χ2n) is 4.03. The van der Waals surface area contributed by atoms with Crippen LogP contribution in [-0.2, 0) is 0 Å². The lowest BCUT2D eigenvalue weighted by atomic mass is 10.1. The summed E-state index contributed by atoms with van der Waals surface area (Å²) in [7, 11) is 1.53. The Hall–Kier alpha value is -2.63. The van der Waals surface area contributed by atoms with Gasteiger partial charge in [-0.05, 0) is 30.7 Å². The largest absolute Gasteiger partial charge is 0.478 e. The third-order valence-electron chi connectivity index (χ3n) is 2.75. The molecule has 1 aromatic heterocycles. The van der Waals surface area contributed by atoms with Crippen molar-refractivity contribution in [2.75, 3.05) is 7.05 Å². The molecule has 1 aromatic carbocycles. The smallest absolute Gasteiger partial charge is 0.335 e. The number of aromatic nitrogens is 2. The van der Waals surface area contributed by atoms with Gasteiger partial charge in [0.25, 0.3) is 5.91 Å². The van der Waals surface area contributed by atoms with E-state index in [0.29, 0.717) is 5.69 Å². The van der Waals surface area contributed by atoms with Gasteiger partial charge in [0.2, 0.25) is 0 Å². The molecule has 2 rings (SSSR count). The highest BCUT2D eigenvalue weighted by atomic mass is 16.4. The fraction of sp³-hybridized carbons (Fsp3) is 0.154. The van der Waals surface area contributed by atoms with Crippen molar-refractivity contribution in [1.82, 2.24) is 15.1 Å². The molecule has 0 radical (unpaired) electrons. The molecular formula is C13H13N3O3. The van der Waals surface area contributed by atoms with Crippen LogP contribution >= 0.6 is 0 Å². The van der Waals surface area contributed by atoms with Crippen molar-refractivity contribution in [1.29, 1.82) is 0 Å². The van der Waals surface area contributed by atoms with Gasteiger partial charge in [0, 0.05) is 13.2 Å². The number of rotatable bonds is 3. The van der Waals surface area contributed by atoms with Gasteiger partial charge in [-0.15, -0.1) is 0 Å². The third-order valence-corrected chi connectivity index (χ3v) is 2.75. The first-order valence-corrected chi connectivity index (χ1v) is 5.65. The zero-order valence-electron chi connectivity index (χ0n) is 10.5. The normalized spacial score (nSPS) is 10.2. The summed E-state index contributed by atoms with van der Waals surface area (Å²) in [6, 6.07) is 6.34. The van der Waals surface area contributed by atoms with Gasteiger partial charge in [-0.2, -0.15) is 5.10 Å². The highest BCUT2D eigenvalue weighted by Crippen LogP contribution is 2.16. The molecule has 2 aromatic rings. The summed E-state index contributed by atoms with van der Waals surface area (Å²) in [4.78, 5) is 22.4. The molecule has 0 saturated heterocycles. The van der Waals surface area contributed by atoms with Crippen molar-refractivity contribution >= 4 is 11.9 Å². The highest BCUT2D eigenvalue weighted by Gasteiger charge is 2.11. The molecule has 0 aliphatic rings. The monoisotopic (exact) mass is 259 g/mol. The van der Waals surface area contributed by atoms with Crippen LogP contribution in [0.15, 0.2) is 30.5 Å². The number of benzene rings is 1. The maximum Gasteiger partial charge on any atom is 0.335 e. The molecular weight excluding hydrogens is 246 g/mol. The maximum absolute atomic E-state index is 11.4. The second-order valence-corrected chi connectivity index (χ2v) is 4.03. The van der Waals surface area contributed by atoms with Crippen molar-refractivity contribution in [2.24, 2.45) is 0 Å². The Balaban J connectivity index is 2.46. The topological polar surface area (TPSA) is 84.2 Å². The lowest BCUT2D eigenvalue weighted by molar-refractivity contribution is 0.0696. The number of aromatic carboxylic acids is 1. The van der Waals surface area contributed by atoms with Gasteiger partial charge in [-0.1, -0.05) is 6.07 Å². The van der Waals surface area contributed by atoms with Crippen molar-refractivity contribution in [3.8, 4) is 5.69 Å². The summed E-state index contributed by atoms with van der Waals surface area (Å²) < 4.78 is 1.49. The molecule has 1 amide bonds. The van der Waals surface area contributed by atoms with Crippen LogP contribution in [0.25, 0.3) is 5.69 Å². The summed E-state index contributed by atoms with van der Waals surface area (Å²) in [6.07, 6.45) is 1.62. The number of aryl methyl sites for hydroxylation is 1. The number of hydrogen-bond acceptors (Lipinski definition) is 3. The zero-order chi connectivity index (χ0) is 14.0. The number of carboxylic acids is 1. The molecule has 0 atom stereocenters. The summed E-state index contributed by atoms with van der Waals surface area (Å²) in [6.45, 7) is 1.85. The molecule has 2 N–H and O–H groups in total. The minimum Gasteiger partial charge on any atom is -0.478 e. The van der Waals surface area contributed by atoms with Gasteiger partial charge in [-0.25, -0.2) is 9.48 Å². The summed E-state index contributed by atoms with van der Waals surface area (Å²) in [5.74, 6) is -1.29. The van der Waals surface area contributed by atoms with E-state index in [1.54, 1.807) is 18.3 Å². The second kappa shape index (κ2) is 4.93. The standard InChI is InChI=1S/C13H13N3O3/c1-8-3-4-9(13(18)19)7-11(8)16-6-5-10(15-16)12(17)14-2/h3-7H,1-2H3,(H,14,17)(H,18,19). The molecule has 0 spiro atoms. The number of nitrogens with one attached hydrogen (secondary N) is 1. The SMILES string of the molecule is CNC(=O)c1ccn(-c2cc(C(=O)O)ccc2C)n1. The van der Waals surface area contributed by atoms with Gasteiger partial charge in [0.05, 0.1) is 11.3 Å². The molecule has 1 heterocycles. The number of amides is 1. The van der Waals surface area contributed by atoms with E-state index in [1.165, 1.54) is 23.9 Å². The van der Waals surface area contributed by atoms with E-state index in [-0.39, 0.29) is 17.2 Å². The molecule has 6 nitrogen and oxygen atoms in total. The van der Waals surface area contributed by atoms with Gasteiger partial charge >= 0.3 is 5.97 Å². The first-order chi connectivity index (χ1) is 9.02. The Morgan fingerprint density at radius 3 is 2.68 bits per heavy atom. The highest BCUT2D eigenvalue weighted by molar-refractivity contribution is 5.92. The predicted molar refractivity (Wildman–Crippen MR) is 68.7 cm³/mol. The Kier molecular flexibility index (Phi) is 3.33. The number of carbonyl (C=O) groups is 2. The molecule has 98 valence electrons. The van der Waals surface area contributed by atoms with Gasteiger partial charge in [0.15, 0.2) is 5.69 Å². The van der Waals surface area contributed by atoms with E-state index in [1.807, 2.05) is 6.92 Å². The zero-order valence-corrected chi connectivity index (χ0v) is 10.5. The van der Waals surface area contributed by atoms with Gasteiger partial charge < -0.3 is 10.4 Å². The van der Waals surface area contributed by atoms with Gasteiger partial charge in [-0.3, -0.25) is 4.79 Å². The first-order valence-electron chi connectivity index (χ1n) is 5.65. The Morgan fingerprint density at radius 2 is 2.05 bits per heavy atom. The molecule has 0 bridgehead atoms. The molecule has 0 aliphatic carbocycles. The van der Waals surface area contributed by atoms with Gasteiger partial charge in [0.1, 0.15) is 0 Å². The van der Waals surface area contributed by atoms with Crippen LogP contribution in [0, 0.1) is 6.92 Å². The van der Waals surface area contributed by atoms with Crippen LogP contribution in [0.3, 0.4) is 0 Å². The maximum atomic E-state index is 11.4. The number of nitrogens with zero attached hydrogens (tertiary/aromatic N) is 2. The molecule has 0 unspecified atom stereocenters. The molecule has 0 fully saturated rings. The van der Waals surface area contributed by atoms with Crippen LogP contribution in [0.5, 0.6) is 0 Å². The van der Waals surface area contributed by atoms with E-state index in [4.69, 9.17) is 5.11 Å². The van der Waals surface area contributed by atoms with Crippen molar-refractivity contribution < 1.29 is 14.7 Å². The van der Waals surface area contributed by atoms with E-state index in [0.717, 1.165) is 5.56 Å². The molecule has 19 heavy (non-hydrogen) atoms. The molecule has 0 aliphatic heterocycles. The number of carbonyl (C=O) groups excluding carboxylic acids is 1. The fourth-order valence-corrected chi connectivity index (χ4v) is 1.70. The summed E-state index contributed by atoms with van der Waals surface area (Å²) >= 11 is 0. The summed E-state index contributed by atoms with van der Waals surface area (Å²) in [5, 5.41) is 15.6. The molecule has 6 heteroatoms. The van der Waals surface area contributed by atoms with Crippen molar-refractivity contribution in [3.05, 3.63) is 47.3 Å². The van der Waals surface area contributed by atoms with Crippen LogP contribution < -0.4 is 5.32 Å². The van der Waals surface area contributed by atoms with Crippen LogP contribution in [0.4, 0.5) is 0 Å².